The molecule has 184 valence electrons. The molecule has 10 nitrogen and oxygen atoms in total. The van der Waals surface area contributed by atoms with E-state index in [0.29, 0.717) is 41.6 Å². The summed E-state index contributed by atoms with van der Waals surface area (Å²) in [6.07, 6.45) is 4.53. The molecule has 5 rings (SSSR count). The molecule has 1 unspecified atom stereocenters. The summed E-state index contributed by atoms with van der Waals surface area (Å²) >= 11 is 0. The molecule has 1 atom stereocenters. The summed E-state index contributed by atoms with van der Waals surface area (Å²) < 4.78 is 7.22. The molecule has 1 aliphatic rings. The van der Waals surface area contributed by atoms with Gasteiger partial charge in [-0.25, -0.2) is 9.97 Å². The Hall–Kier alpha value is -4.31. The monoisotopic (exact) mass is 485 g/mol. The number of aliphatic hydroxyl groups is 1. The smallest absolute Gasteiger partial charge is 0.252 e. The lowest BCUT2D eigenvalue weighted by molar-refractivity contribution is 0.0828. The normalized spacial score (nSPS) is 16.4. The highest BCUT2D eigenvalue weighted by molar-refractivity contribution is 5.95. The lowest BCUT2D eigenvalue weighted by Gasteiger charge is -2.30. The Kier molecular flexibility index (Phi) is 6.34. The predicted octanol–water partition coefficient (Wildman–Crippen LogP) is 2.46. The molecule has 1 aliphatic carbocycles. The largest absolute Gasteiger partial charge is 0.497 e. The van der Waals surface area contributed by atoms with Gasteiger partial charge in [0.05, 0.1) is 25.8 Å². The van der Waals surface area contributed by atoms with Crippen LogP contribution in [0.2, 0.25) is 0 Å². The van der Waals surface area contributed by atoms with Crippen LogP contribution in [-0.4, -0.2) is 49.5 Å². The van der Waals surface area contributed by atoms with Gasteiger partial charge in [0.15, 0.2) is 11.6 Å². The Morgan fingerprint density at radius 3 is 2.86 bits per heavy atom. The van der Waals surface area contributed by atoms with Crippen LogP contribution in [0.15, 0.2) is 61.1 Å². The summed E-state index contributed by atoms with van der Waals surface area (Å²) in [4.78, 5) is 21.4. The lowest BCUT2D eigenvalue weighted by atomic mass is 9.92. The van der Waals surface area contributed by atoms with Crippen LogP contribution in [0.4, 0.5) is 5.69 Å². The van der Waals surface area contributed by atoms with E-state index in [1.54, 1.807) is 31.5 Å². The number of nitrogens with one attached hydrogen (secondary N) is 2. The molecule has 0 saturated heterocycles. The third kappa shape index (κ3) is 4.38. The van der Waals surface area contributed by atoms with Crippen molar-refractivity contribution in [2.75, 3.05) is 19.0 Å². The Morgan fingerprint density at radius 2 is 2.08 bits per heavy atom. The zero-order chi connectivity index (χ0) is 25.1. The van der Waals surface area contributed by atoms with Crippen molar-refractivity contribution in [2.24, 2.45) is 7.05 Å². The number of aryl methyl sites for hydroxylation is 1. The molecular weight excluding hydrogens is 458 g/mol. The Bertz CT molecular complexity index is 1390. The molecule has 3 N–H and O–H groups in total. The van der Waals surface area contributed by atoms with Gasteiger partial charge in [-0.05, 0) is 60.4 Å². The minimum atomic E-state index is -0.847. The second-order valence-corrected chi connectivity index (χ2v) is 8.75. The summed E-state index contributed by atoms with van der Waals surface area (Å²) in [7, 11) is 3.48. The number of fused-ring (bicyclic) bond motifs is 1. The van der Waals surface area contributed by atoms with E-state index < -0.39 is 5.54 Å². The predicted molar refractivity (Wildman–Crippen MR) is 133 cm³/mol. The summed E-state index contributed by atoms with van der Waals surface area (Å²) in [5.74, 6) is 1.80. The second kappa shape index (κ2) is 9.74. The number of amides is 1. The van der Waals surface area contributed by atoms with Gasteiger partial charge >= 0.3 is 0 Å². The quantitative estimate of drug-likeness (QED) is 0.347. The van der Waals surface area contributed by atoms with Crippen molar-refractivity contribution >= 4 is 11.6 Å². The van der Waals surface area contributed by atoms with Gasteiger partial charge < -0.3 is 25.0 Å². The number of carbonyl (C=O) groups excluding carboxylic acids is 1. The van der Waals surface area contributed by atoms with Crippen molar-refractivity contribution in [2.45, 2.75) is 24.9 Å². The molecule has 2 aromatic heterocycles. The van der Waals surface area contributed by atoms with Crippen molar-refractivity contribution in [1.29, 1.82) is 0 Å². The Labute approximate surface area is 208 Å². The first kappa shape index (κ1) is 23.4. The molecular formula is C26H27N7O3. The van der Waals surface area contributed by atoms with Gasteiger partial charge in [0, 0.05) is 24.5 Å². The van der Waals surface area contributed by atoms with Crippen LogP contribution in [0.3, 0.4) is 0 Å². The van der Waals surface area contributed by atoms with Crippen LogP contribution >= 0.6 is 0 Å². The highest BCUT2D eigenvalue weighted by Crippen LogP contribution is 2.39. The number of carbonyl (C=O) groups is 1. The molecule has 0 bridgehead atoms. The number of hydrogen-bond acceptors (Lipinski definition) is 8. The van der Waals surface area contributed by atoms with E-state index >= 15 is 0 Å². The van der Waals surface area contributed by atoms with E-state index in [-0.39, 0.29) is 12.5 Å². The van der Waals surface area contributed by atoms with E-state index in [1.807, 2.05) is 41.9 Å². The van der Waals surface area contributed by atoms with Crippen molar-refractivity contribution in [1.82, 2.24) is 30.0 Å². The molecule has 10 heteroatoms. The molecule has 2 aromatic carbocycles. The number of aromatic nitrogens is 5. The van der Waals surface area contributed by atoms with E-state index in [0.717, 1.165) is 23.2 Å². The summed E-state index contributed by atoms with van der Waals surface area (Å²) in [6, 6.07) is 14.8. The van der Waals surface area contributed by atoms with Crippen LogP contribution in [0, 0.1) is 0 Å². The Balaban J connectivity index is 1.30. The lowest BCUT2D eigenvalue weighted by Crippen LogP contribution is -2.47. The van der Waals surface area contributed by atoms with Gasteiger partial charge in [-0.3, -0.25) is 4.79 Å². The SMILES string of the molecule is COc1ccc2c(c1)C(CO)(NC(=O)c1cccc(NCc3nnc(-c4ccncn4)n3C)c1)CC2. The first-order valence-electron chi connectivity index (χ1n) is 11.6. The molecule has 1 amide bonds. The van der Waals surface area contributed by atoms with Crippen molar-refractivity contribution in [3.63, 3.8) is 0 Å². The highest BCUT2D eigenvalue weighted by atomic mass is 16.5. The molecule has 0 aliphatic heterocycles. The van der Waals surface area contributed by atoms with E-state index in [4.69, 9.17) is 4.74 Å². The van der Waals surface area contributed by atoms with E-state index in [9.17, 15) is 9.90 Å². The standard InChI is InChI=1S/C26H27N7O3/c1-33-23(31-32-24(33)22-9-11-27-16-29-22)14-28-19-5-3-4-18(12-19)25(35)30-26(15-34)10-8-17-6-7-20(36-2)13-21(17)26/h3-7,9,11-13,16,28,34H,8,10,14-15H2,1-2H3,(H,30,35). The number of ether oxygens (including phenoxy) is 1. The number of aliphatic hydroxyl groups excluding tert-OH is 1. The van der Waals surface area contributed by atoms with E-state index in [1.165, 1.54) is 6.33 Å². The van der Waals surface area contributed by atoms with E-state index in [2.05, 4.69) is 30.8 Å². The van der Waals surface area contributed by atoms with Crippen molar-refractivity contribution < 1.29 is 14.6 Å². The zero-order valence-corrected chi connectivity index (χ0v) is 20.1. The van der Waals surface area contributed by atoms with Gasteiger partial charge in [0.1, 0.15) is 17.8 Å². The number of nitrogens with zero attached hydrogens (tertiary/aromatic N) is 5. The number of hydrogen-bond donors (Lipinski definition) is 3. The fourth-order valence-electron chi connectivity index (χ4n) is 4.56. The maximum Gasteiger partial charge on any atom is 0.252 e. The topological polar surface area (TPSA) is 127 Å². The average Bonchev–Trinajstić information content (AvgIpc) is 3.48. The fraction of sp³-hybridized carbons (Fsp3) is 0.269. The first-order valence-corrected chi connectivity index (χ1v) is 11.6. The third-order valence-corrected chi connectivity index (χ3v) is 6.63. The molecule has 0 radical (unpaired) electrons. The maximum atomic E-state index is 13.3. The molecule has 0 fully saturated rings. The molecule has 0 spiro atoms. The average molecular weight is 486 g/mol. The number of benzene rings is 2. The van der Waals surface area contributed by atoms with Gasteiger partial charge in [0.25, 0.3) is 5.91 Å². The van der Waals surface area contributed by atoms with Crippen LogP contribution in [-0.2, 0) is 25.6 Å². The third-order valence-electron chi connectivity index (χ3n) is 6.63. The molecule has 2 heterocycles. The first-order chi connectivity index (χ1) is 17.5. The summed E-state index contributed by atoms with van der Waals surface area (Å²) in [5.41, 5.74) is 3.10. The molecule has 0 saturated carbocycles. The minimum Gasteiger partial charge on any atom is -0.497 e. The number of methoxy groups -OCH3 is 1. The summed E-state index contributed by atoms with van der Waals surface area (Å²) in [5, 5.41) is 25.2. The molecule has 36 heavy (non-hydrogen) atoms. The van der Waals surface area contributed by atoms with Gasteiger partial charge in [-0.2, -0.15) is 0 Å². The summed E-state index contributed by atoms with van der Waals surface area (Å²) in [6.45, 7) is 0.213. The second-order valence-electron chi connectivity index (χ2n) is 8.75. The van der Waals surface area contributed by atoms with Crippen LogP contribution < -0.4 is 15.4 Å². The number of rotatable bonds is 8. The van der Waals surface area contributed by atoms with Gasteiger partial charge in [-0.1, -0.05) is 12.1 Å². The van der Waals surface area contributed by atoms with Gasteiger partial charge in [-0.15, -0.1) is 10.2 Å². The van der Waals surface area contributed by atoms with Crippen LogP contribution in [0.1, 0.15) is 33.7 Å². The van der Waals surface area contributed by atoms with Crippen molar-refractivity contribution in [3.8, 4) is 17.3 Å². The van der Waals surface area contributed by atoms with Gasteiger partial charge in [0.2, 0.25) is 0 Å². The van der Waals surface area contributed by atoms with Crippen molar-refractivity contribution in [3.05, 3.63) is 83.6 Å². The highest BCUT2D eigenvalue weighted by Gasteiger charge is 2.40. The molecule has 4 aromatic rings. The zero-order valence-electron chi connectivity index (χ0n) is 20.1. The number of anilines is 1. The van der Waals surface area contributed by atoms with Crippen LogP contribution in [0.5, 0.6) is 5.75 Å². The fourth-order valence-corrected chi connectivity index (χ4v) is 4.56. The van der Waals surface area contributed by atoms with Crippen LogP contribution in [0.25, 0.3) is 11.5 Å². The Morgan fingerprint density at radius 1 is 1.19 bits per heavy atom. The maximum absolute atomic E-state index is 13.3. The minimum absolute atomic E-state index is 0.197.